The number of methoxy groups -OCH3 is 1. The highest BCUT2D eigenvalue weighted by molar-refractivity contribution is 4.94. The Balaban J connectivity index is 2.52. The van der Waals surface area contributed by atoms with Crippen molar-refractivity contribution < 1.29 is 9.47 Å². The molecule has 0 aromatic carbocycles. The molecule has 20 heavy (non-hydrogen) atoms. The third-order valence-electron chi connectivity index (χ3n) is 4.73. The van der Waals surface area contributed by atoms with Crippen LogP contribution in [0.4, 0.5) is 0 Å². The molecule has 1 aliphatic carbocycles. The van der Waals surface area contributed by atoms with Crippen LogP contribution in [0.3, 0.4) is 0 Å². The highest BCUT2D eigenvalue weighted by Crippen LogP contribution is 2.37. The Kier molecular flexibility index (Phi) is 6.96. The maximum absolute atomic E-state index is 6.22. The van der Waals surface area contributed by atoms with Crippen molar-refractivity contribution >= 4 is 0 Å². The first-order chi connectivity index (χ1) is 9.32. The lowest BCUT2D eigenvalue weighted by Crippen LogP contribution is -2.53. The minimum Gasteiger partial charge on any atom is -0.379 e. The molecule has 0 bridgehead atoms. The topological polar surface area (TPSA) is 30.5 Å². The Morgan fingerprint density at radius 3 is 2.60 bits per heavy atom. The van der Waals surface area contributed by atoms with Gasteiger partial charge in [0.1, 0.15) is 0 Å². The predicted octanol–water partition coefficient (Wildman–Crippen LogP) is 3.77. The summed E-state index contributed by atoms with van der Waals surface area (Å²) < 4.78 is 11.7. The Morgan fingerprint density at radius 2 is 2.00 bits per heavy atom. The van der Waals surface area contributed by atoms with Crippen LogP contribution in [0.15, 0.2) is 0 Å². The third-order valence-corrected chi connectivity index (χ3v) is 4.73. The van der Waals surface area contributed by atoms with Crippen molar-refractivity contribution in [2.24, 2.45) is 5.41 Å². The van der Waals surface area contributed by atoms with Crippen molar-refractivity contribution in [1.82, 2.24) is 5.32 Å². The minimum absolute atomic E-state index is 0.0868. The summed E-state index contributed by atoms with van der Waals surface area (Å²) in [6, 6.07) is 0.474. The van der Waals surface area contributed by atoms with Gasteiger partial charge in [0.25, 0.3) is 0 Å². The van der Waals surface area contributed by atoms with Gasteiger partial charge < -0.3 is 14.8 Å². The summed E-state index contributed by atoms with van der Waals surface area (Å²) in [5.74, 6) is 0. The largest absolute Gasteiger partial charge is 0.379 e. The zero-order valence-corrected chi connectivity index (χ0v) is 14.4. The maximum atomic E-state index is 6.22. The van der Waals surface area contributed by atoms with E-state index >= 15 is 0 Å². The normalized spacial score (nSPS) is 26.7. The number of rotatable bonds is 8. The van der Waals surface area contributed by atoms with Gasteiger partial charge in [-0.05, 0) is 51.5 Å². The van der Waals surface area contributed by atoms with Crippen LogP contribution >= 0.6 is 0 Å². The van der Waals surface area contributed by atoms with Crippen molar-refractivity contribution in [3.8, 4) is 0 Å². The van der Waals surface area contributed by atoms with Crippen molar-refractivity contribution in [1.29, 1.82) is 0 Å². The molecule has 0 aromatic rings. The molecule has 0 spiro atoms. The lowest BCUT2D eigenvalue weighted by molar-refractivity contribution is -0.0639. The highest BCUT2D eigenvalue weighted by Gasteiger charge is 2.39. The second kappa shape index (κ2) is 7.77. The van der Waals surface area contributed by atoms with E-state index in [1.54, 1.807) is 7.11 Å². The van der Waals surface area contributed by atoms with Crippen molar-refractivity contribution in [3.05, 3.63) is 0 Å². The van der Waals surface area contributed by atoms with Gasteiger partial charge in [0.2, 0.25) is 0 Å². The number of nitrogens with one attached hydrogen (secondary N) is 1. The summed E-state index contributed by atoms with van der Waals surface area (Å²) in [7, 11) is 1.77. The average Bonchev–Trinajstić information content (AvgIpc) is 2.37. The van der Waals surface area contributed by atoms with E-state index in [0.717, 1.165) is 19.6 Å². The van der Waals surface area contributed by atoms with Gasteiger partial charge in [-0.1, -0.05) is 27.2 Å². The van der Waals surface area contributed by atoms with Crippen molar-refractivity contribution in [3.63, 3.8) is 0 Å². The first-order valence-electron chi connectivity index (χ1n) is 8.22. The van der Waals surface area contributed by atoms with E-state index in [1.165, 1.54) is 25.7 Å². The van der Waals surface area contributed by atoms with Gasteiger partial charge in [0.05, 0.1) is 11.7 Å². The monoisotopic (exact) mass is 285 g/mol. The Hall–Kier alpha value is -0.120. The Labute approximate surface area is 125 Å². The zero-order chi connectivity index (χ0) is 15.2. The molecule has 3 nitrogen and oxygen atoms in total. The summed E-state index contributed by atoms with van der Waals surface area (Å²) in [6.45, 7) is 13.1. The Bertz CT molecular complexity index is 276. The van der Waals surface area contributed by atoms with E-state index in [2.05, 4.69) is 39.9 Å². The molecule has 1 N–H and O–H groups in total. The smallest absolute Gasteiger partial charge is 0.0733 e. The fourth-order valence-corrected chi connectivity index (χ4v) is 3.03. The third kappa shape index (κ3) is 5.34. The molecule has 0 heterocycles. The maximum Gasteiger partial charge on any atom is 0.0733 e. The fraction of sp³-hybridized carbons (Fsp3) is 1.00. The molecule has 2 atom stereocenters. The summed E-state index contributed by atoms with van der Waals surface area (Å²) in [6.07, 6.45) is 6.21. The molecule has 1 rings (SSSR count). The van der Waals surface area contributed by atoms with Crippen LogP contribution in [0.25, 0.3) is 0 Å². The molecule has 120 valence electrons. The molecule has 2 unspecified atom stereocenters. The number of hydrogen-bond acceptors (Lipinski definition) is 3. The average molecular weight is 285 g/mol. The van der Waals surface area contributed by atoms with Gasteiger partial charge >= 0.3 is 0 Å². The summed E-state index contributed by atoms with van der Waals surface area (Å²) >= 11 is 0. The van der Waals surface area contributed by atoms with Crippen molar-refractivity contribution in [2.75, 3.05) is 20.3 Å². The first-order valence-corrected chi connectivity index (χ1v) is 8.22. The molecule has 3 heteroatoms. The summed E-state index contributed by atoms with van der Waals surface area (Å²) in [4.78, 5) is 0. The standard InChI is InChI=1S/C17H35NO2/c1-7-12-18-15-14(9-8-10-16(15,2)3)20-13-11-17(4,5)19-6/h14-15,18H,7-13H2,1-6H3. The Morgan fingerprint density at radius 1 is 1.30 bits per heavy atom. The van der Waals surface area contributed by atoms with E-state index in [0.29, 0.717) is 17.6 Å². The first kappa shape index (κ1) is 17.9. The lowest BCUT2D eigenvalue weighted by Gasteiger charge is -2.44. The molecule has 0 saturated heterocycles. The van der Waals surface area contributed by atoms with E-state index in [-0.39, 0.29) is 5.60 Å². The molecule has 1 fully saturated rings. The van der Waals surface area contributed by atoms with E-state index in [4.69, 9.17) is 9.47 Å². The molecule has 1 aliphatic rings. The minimum atomic E-state index is -0.0868. The number of hydrogen-bond donors (Lipinski definition) is 1. The van der Waals surface area contributed by atoms with Gasteiger partial charge in [0.15, 0.2) is 0 Å². The highest BCUT2D eigenvalue weighted by atomic mass is 16.5. The van der Waals surface area contributed by atoms with Crippen LogP contribution < -0.4 is 5.32 Å². The van der Waals surface area contributed by atoms with Crippen LogP contribution in [0.5, 0.6) is 0 Å². The zero-order valence-electron chi connectivity index (χ0n) is 14.4. The van der Waals surface area contributed by atoms with E-state index < -0.39 is 0 Å². The second-order valence-corrected chi connectivity index (χ2v) is 7.44. The van der Waals surface area contributed by atoms with Crippen molar-refractivity contribution in [2.45, 2.75) is 84.5 Å². The van der Waals surface area contributed by atoms with Gasteiger partial charge in [-0.3, -0.25) is 0 Å². The van der Waals surface area contributed by atoms with Gasteiger partial charge in [-0.2, -0.15) is 0 Å². The van der Waals surface area contributed by atoms with Crippen LogP contribution in [-0.4, -0.2) is 38.0 Å². The van der Waals surface area contributed by atoms with Crippen LogP contribution in [0.1, 0.15) is 66.7 Å². The fourth-order valence-electron chi connectivity index (χ4n) is 3.03. The number of ether oxygens (including phenoxy) is 2. The van der Waals surface area contributed by atoms with Gasteiger partial charge in [-0.25, -0.2) is 0 Å². The van der Waals surface area contributed by atoms with Gasteiger partial charge in [0, 0.05) is 19.8 Å². The predicted molar refractivity (Wildman–Crippen MR) is 85.2 cm³/mol. The molecular formula is C17H35NO2. The molecule has 1 saturated carbocycles. The molecule has 0 amide bonds. The van der Waals surface area contributed by atoms with E-state index in [9.17, 15) is 0 Å². The molecule has 0 radical (unpaired) electrons. The summed E-state index contributed by atoms with van der Waals surface area (Å²) in [5.41, 5.74) is 0.241. The van der Waals surface area contributed by atoms with Crippen LogP contribution in [0.2, 0.25) is 0 Å². The molecule has 0 aromatic heterocycles. The summed E-state index contributed by atoms with van der Waals surface area (Å²) in [5, 5.41) is 3.72. The van der Waals surface area contributed by atoms with E-state index in [1.807, 2.05) is 0 Å². The van der Waals surface area contributed by atoms with Gasteiger partial charge in [-0.15, -0.1) is 0 Å². The molecular weight excluding hydrogens is 250 g/mol. The lowest BCUT2D eigenvalue weighted by atomic mass is 9.71. The van der Waals surface area contributed by atoms with Crippen LogP contribution in [0, 0.1) is 5.41 Å². The second-order valence-electron chi connectivity index (χ2n) is 7.44. The molecule has 0 aliphatic heterocycles. The SMILES string of the molecule is CCCNC1C(OCCC(C)(C)OC)CCCC1(C)C. The quantitative estimate of drug-likeness (QED) is 0.736. The van der Waals surface area contributed by atoms with Crippen LogP contribution in [-0.2, 0) is 9.47 Å².